The zero-order chi connectivity index (χ0) is 19.3. The molecule has 3 aromatic heterocycles. The van der Waals surface area contributed by atoms with Crippen LogP contribution >= 0.6 is 0 Å². The van der Waals surface area contributed by atoms with Crippen LogP contribution in [-0.2, 0) is 23.1 Å². The standard InChI is InChI=1S/C17H21N5O4/c1-7-8-20-9(2)10(3)21-12-13(18-16(20)21)19(5)17(25)22(14(12)23)11(4)15(24)26-6/h7,11H,1,8H2,2-6H3. The Morgan fingerprint density at radius 2 is 1.96 bits per heavy atom. The minimum absolute atomic E-state index is 0.251. The Morgan fingerprint density at radius 1 is 1.31 bits per heavy atom. The second-order valence-electron chi connectivity index (χ2n) is 6.21. The zero-order valence-corrected chi connectivity index (χ0v) is 15.4. The third kappa shape index (κ3) is 2.16. The molecule has 0 fully saturated rings. The molecule has 0 aliphatic carbocycles. The summed E-state index contributed by atoms with van der Waals surface area (Å²) < 4.78 is 10.5. The summed E-state index contributed by atoms with van der Waals surface area (Å²) in [5.41, 5.74) is 1.09. The average molecular weight is 359 g/mol. The van der Waals surface area contributed by atoms with Crippen LogP contribution in [-0.4, -0.2) is 36.2 Å². The van der Waals surface area contributed by atoms with Crippen molar-refractivity contribution in [2.24, 2.45) is 7.05 Å². The number of ether oxygens (including phenoxy) is 1. The van der Waals surface area contributed by atoms with E-state index in [1.165, 1.54) is 25.6 Å². The number of fused-ring (bicyclic) bond motifs is 3. The first-order valence-electron chi connectivity index (χ1n) is 8.14. The van der Waals surface area contributed by atoms with Crippen molar-refractivity contribution in [2.45, 2.75) is 33.4 Å². The number of carbonyl (C=O) groups is 1. The van der Waals surface area contributed by atoms with E-state index in [1.54, 1.807) is 10.5 Å². The van der Waals surface area contributed by atoms with Crippen molar-refractivity contribution in [3.05, 3.63) is 44.9 Å². The Morgan fingerprint density at radius 3 is 2.54 bits per heavy atom. The largest absolute Gasteiger partial charge is 0.467 e. The quantitative estimate of drug-likeness (QED) is 0.505. The number of esters is 1. The molecule has 0 aliphatic rings. The van der Waals surface area contributed by atoms with Gasteiger partial charge in [-0.15, -0.1) is 6.58 Å². The maximum Gasteiger partial charge on any atom is 0.333 e. The molecule has 0 N–H and O–H groups in total. The number of carbonyl (C=O) groups excluding carboxylic acids is 1. The fraction of sp³-hybridized carbons (Fsp3) is 0.412. The van der Waals surface area contributed by atoms with Crippen LogP contribution in [0.3, 0.4) is 0 Å². The van der Waals surface area contributed by atoms with Gasteiger partial charge in [-0.1, -0.05) is 6.08 Å². The minimum atomic E-state index is -1.04. The Balaban J connectivity index is 2.53. The van der Waals surface area contributed by atoms with Crippen LogP contribution in [0, 0.1) is 13.8 Å². The fourth-order valence-corrected chi connectivity index (χ4v) is 3.25. The molecule has 1 unspecified atom stereocenters. The summed E-state index contributed by atoms with van der Waals surface area (Å²) in [6.45, 7) is 9.54. The molecule has 1 atom stereocenters. The van der Waals surface area contributed by atoms with E-state index in [0.29, 0.717) is 12.3 Å². The van der Waals surface area contributed by atoms with E-state index in [4.69, 9.17) is 4.74 Å². The lowest BCUT2D eigenvalue weighted by atomic mass is 10.3. The van der Waals surface area contributed by atoms with E-state index < -0.39 is 23.3 Å². The van der Waals surface area contributed by atoms with E-state index >= 15 is 0 Å². The van der Waals surface area contributed by atoms with Gasteiger partial charge in [-0.3, -0.25) is 13.8 Å². The molecule has 9 heteroatoms. The molecule has 26 heavy (non-hydrogen) atoms. The lowest BCUT2D eigenvalue weighted by molar-refractivity contribution is -0.144. The third-order valence-corrected chi connectivity index (χ3v) is 4.82. The lowest BCUT2D eigenvalue weighted by Gasteiger charge is -2.13. The van der Waals surface area contributed by atoms with Crippen molar-refractivity contribution in [2.75, 3.05) is 7.11 Å². The molecule has 0 spiro atoms. The summed E-state index contributed by atoms with van der Waals surface area (Å²) >= 11 is 0. The first-order chi connectivity index (χ1) is 12.3. The van der Waals surface area contributed by atoms with Gasteiger partial charge >= 0.3 is 11.7 Å². The van der Waals surface area contributed by atoms with Crippen LogP contribution in [0.4, 0.5) is 0 Å². The van der Waals surface area contributed by atoms with Gasteiger partial charge in [0.05, 0.1) is 7.11 Å². The molecule has 0 aliphatic heterocycles. The molecule has 9 nitrogen and oxygen atoms in total. The number of imidazole rings is 2. The van der Waals surface area contributed by atoms with Gasteiger partial charge in [-0.25, -0.2) is 14.2 Å². The number of methoxy groups -OCH3 is 1. The fourth-order valence-electron chi connectivity index (χ4n) is 3.25. The predicted octanol–water partition coefficient (Wildman–Crippen LogP) is 0.686. The number of allylic oxidation sites excluding steroid dienone is 1. The summed E-state index contributed by atoms with van der Waals surface area (Å²) in [6, 6.07) is -1.04. The topological polar surface area (TPSA) is 92.5 Å². The van der Waals surface area contributed by atoms with Gasteiger partial charge in [-0.05, 0) is 20.8 Å². The Labute approximate surface area is 148 Å². The predicted molar refractivity (Wildman–Crippen MR) is 96.6 cm³/mol. The molecule has 0 saturated carbocycles. The van der Waals surface area contributed by atoms with Gasteiger partial charge < -0.3 is 9.30 Å². The van der Waals surface area contributed by atoms with Crippen molar-refractivity contribution in [3.8, 4) is 0 Å². The molecule has 0 aromatic carbocycles. The van der Waals surface area contributed by atoms with Crippen LogP contribution in [0.25, 0.3) is 16.9 Å². The summed E-state index contributed by atoms with van der Waals surface area (Å²) in [6.07, 6.45) is 1.74. The van der Waals surface area contributed by atoms with Gasteiger partial charge in [0.1, 0.15) is 6.04 Å². The van der Waals surface area contributed by atoms with Crippen molar-refractivity contribution >= 4 is 22.9 Å². The first kappa shape index (κ1) is 17.7. The van der Waals surface area contributed by atoms with Gasteiger partial charge in [0.25, 0.3) is 5.56 Å². The van der Waals surface area contributed by atoms with Gasteiger partial charge in [0.15, 0.2) is 11.2 Å². The molecule has 3 aromatic rings. The summed E-state index contributed by atoms with van der Waals surface area (Å²) in [7, 11) is 2.74. The van der Waals surface area contributed by atoms with Crippen molar-refractivity contribution < 1.29 is 9.53 Å². The molecular weight excluding hydrogens is 338 g/mol. The summed E-state index contributed by atoms with van der Waals surface area (Å²) in [5.74, 6) is -0.119. The van der Waals surface area contributed by atoms with E-state index in [1.807, 2.05) is 18.4 Å². The summed E-state index contributed by atoms with van der Waals surface area (Å²) in [5, 5.41) is 0. The van der Waals surface area contributed by atoms with Crippen LogP contribution < -0.4 is 11.2 Å². The highest BCUT2D eigenvalue weighted by Crippen LogP contribution is 2.21. The Bertz CT molecular complexity index is 1170. The van der Waals surface area contributed by atoms with Crippen molar-refractivity contribution in [1.82, 2.24) is 23.1 Å². The molecule has 0 saturated heterocycles. The smallest absolute Gasteiger partial charge is 0.333 e. The van der Waals surface area contributed by atoms with Gasteiger partial charge in [0.2, 0.25) is 5.78 Å². The van der Waals surface area contributed by atoms with E-state index in [0.717, 1.165) is 16.0 Å². The van der Waals surface area contributed by atoms with Crippen LogP contribution in [0.1, 0.15) is 24.4 Å². The second kappa shape index (κ2) is 6.01. The highest BCUT2D eigenvalue weighted by Gasteiger charge is 2.26. The van der Waals surface area contributed by atoms with Gasteiger partial charge in [-0.2, -0.15) is 4.98 Å². The molecular formula is C17H21N5O4. The molecule has 3 heterocycles. The normalized spacial score (nSPS) is 12.7. The highest BCUT2D eigenvalue weighted by atomic mass is 16.5. The van der Waals surface area contributed by atoms with E-state index in [9.17, 15) is 14.4 Å². The number of hydrogen-bond acceptors (Lipinski definition) is 5. The molecule has 3 rings (SSSR count). The van der Waals surface area contributed by atoms with Crippen molar-refractivity contribution in [1.29, 1.82) is 0 Å². The maximum atomic E-state index is 13.1. The van der Waals surface area contributed by atoms with E-state index in [-0.39, 0.29) is 11.2 Å². The zero-order valence-electron chi connectivity index (χ0n) is 15.4. The minimum Gasteiger partial charge on any atom is -0.467 e. The van der Waals surface area contributed by atoms with Crippen LogP contribution in [0.15, 0.2) is 22.2 Å². The number of aromatic nitrogens is 5. The monoisotopic (exact) mass is 359 g/mol. The maximum absolute atomic E-state index is 13.1. The number of aryl methyl sites for hydroxylation is 2. The van der Waals surface area contributed by atoms with Crippen molar-refractivity contribution in [3.63, 3.8) is 0 Å². The number of hydrogen-bond donors (Lipinski definition) is 0. The third-order valence-electron chi connectivity index (χ3n) is 4.82. The molecule has 0 amide bonds. The van der Waals surface area contributed by atoms with E-state index in [2.05, 4.69) is 11.6 Å². The highest BCUT2D eigenvalue weighted by molar-refractivity contribution is 5.78. The summed E-state index contributed by atoms with van der Waals surface area (Å²) in [4.78, 5) is 42.2. The van der Waals surface area contributed by atoms with Crippen LogP contribution in [0.2, 0.25) is 0 Å². The molecule has 0 bridgehead atoms. The Kier molecular flexibility index (Phi) is 4.09. The Hall–Kier alpha value is -3.10. The first-order valence-corrected chi connectivity index (χ1v) is 8.14. The van der Waals surface area contributed by atoms with Crippen LogP contribution in [0.5, 0.6) is 0 Å². The number of nitrogens with zero attached hydrogens (tertiary/aromatic N) is 5. The SMILES string of the molecule is C=CCn1c(C)c(C)n2c3c(=O)n(C(C)C(=O)OC)c(=O)n(C)c3nc12. The molecule has 0 radical (unpaired) electrons. The number of rotatable bonds is 4. The average Bonchev–Trinajstić information content (AvgIpc) is 3.11. The second-order valence-corrected chi connectivity index (χ2v) is 6.21. The molecule has 138 valence electrons. The van der Waals surface area contributed by atoms with Gasteiger partial charge in [0, 0.05) is 25.0 Å². The lowest BCUT2D eigenvalue weighted by Crippen LogP contribution is -2.43.